The van der Waals surface area contributed by atoms with E-state index in [1.54, 1.807) is 17.5 Å². The van der Waals surface area contributed by atoms with Crippen molar-refractivity contribution in [2.75, 3.05) is 13.6 Å². The summed E-state index contributed by atoms with van der Waals surface area (Å²) >= 11 is 1.71. The lowest BCUT2D eigenvalue weighted by molar-refractivity contribution is 0.0801. The number of pyridine rings is 1. The maximum atomic E-state index is 12.7. The smallest absolute Gasteiger partial charge is 0.263 e. The molecule has 3 nitrogen and oxygen atoms in total. The van der Waals surface area contributed by atoms with Crippen LogP contribution in [0.2, 0.25) is 0 Å². The lowest BCUT2D eigenvalue weighted by Gasteiger charge is -2.15. The topological polar surface area (TPSA) is 33.2 Å². The number of carbonyl (C=O) groups excluding carboxylic acids is 1. The molecule has 0 saturated carbocycles. The molecule has 2 aromatic rings. The predicted octanol–water partition coefficient (Wildman–Crippen LogP) is 4.12. The molecule has 0 fully saturated rings. The fourth-order valence-corrected chi connectivity index (χ4v) is 4.32. The Bertz CT molecular complexity index is 625. The first-order valence-corrected chi connectivity index (χ1v) is 9.32. The molecule has 0 bridgehead atoms. The van der Waals surface area contributed by atoms with Gasteiger partial charge in [0.2, 0.25) is 0 Å². The van der Waals surface area contributed by atoms with Crippen molar-refractivity contribution in [2.24, 2.45) is 0 Å². The average molecular weight is 328 g/mol. The van der Waals surface area contributed by atoms with Crippen LogP contribution < -0.4 is 0 Å². The number of rotatable bonds is 4. The van der Waals surface area contributed by atoms with Gasteiger partial charge in [0, 0.05) is 36.8 Å². The van der Waals surface area contributed by atoms with Crippen LogP contribution in [-0.2, 0) is 19.3 Å². The normalized spacial score (nSPS) is 14.7. The second kappa shape index (κ2) is 7.73. The molecule has 1 aliphatic carbocycles. The Kier molecular flexibility index (Phi) is 5.44. The summed E-state index contributed by atoms with van der Waals surface area (Å²) in [7, 11) is 1.89. The predicted molar refractivity (Wildman–Crippen MR) is 95.1 cm³/mol. The number of likely N-dealkylation sites (N-methyl/N-ethyl adjacent to an activating group) is 1. The van der Waals surface area contributed by atoms with Crippen molar-refractivity contribution in [2.45, 2.75) is 44.9 Å². The summed E-state index contributed by atoms with van der Waals surface area (Å²) in [5.41, 5.74) is 2.45. The van der Waals surface area contributed by atoms with Gasteiger partial charge in [-0.2, -0.15) is 0 Å². The standard InChI is InChI=1S/C19H24N2OS/c1-21(13-11-16-9-6-7-12-20-16)19(22)18-14-15-8-4-2-3-5-10-17(15)23-18/h6-7,9,12,14H,2-5,8,10-11,13H2,1H3. The van der Waals surface area contributed by atoms with Crippen LogP contribution in [0.25, 0.3) is 0 Å². The van der Waals surface area contributed by atoms with Gasteiger partial charge >= 0.3 is 0 Å². The number of hydrogen-bond acceptors (Lipinski definition) is 3. The quantitative estimate of drug-likeness (QED) is 0.846. The Morgan fingerprint density at radius 1 is 1.22 bits per heavy atom. The number of aryl methyl sites for hydroxylation is 2. The van der Waals surface area contributed by atoms with E-state index in [4.69, 9.17) is 0 Å². The summed E-state index contributed by atoms with van der Waals surface area (Å²) in [4.78, 5) is 21.2. The van der Waals surface area contributed by atoms with Crippen molar-refractivity contribution >= 4 is 17.2 Å². The molecule has 4 heteroatoms. The van der Waals surface area contributed by atoms with Gasteiger partial charge in [-0.25, -0.2) is 0 Å². The molecule has 2 heterocycles. The molecule has 0 atom stereocenters. The van der Waals surface area contributed by atoms with Crippen molar-refractivity contribution in [3.63, 3.8) is 0 Å². The van der Waals surface area contributed by atoms with Gasteiger partial charge in [-0.15, -0.1) is 11.3 Å². The van der Waals surface area contributed by atoms with Gasteiger partial charge < -0.3 is 4.90 Å². The van der Waals surface area contributed by atoms with Gasteiger partial charge in [-0.3, -0.25) is 9.78 Å². The number of amides is 1. The molecule has 0 aromatic carbocycles. The molecule has 0 N–H and O–H groups in total. The summed E-state index contributed by atoms with van der Waals surface area (Å²) in [5, 5.41) is 0. The Labute approximate surface area is 142 Å². The first kappa shape index (κ1) is 16.2. The van der Waals surface area contributed by atoms with Gasteiger partial charge in [0.1, 0.15) is 0 Å². The van der Waals surface area contributed by atoms with E-state index in [-0.39, 0.29) is 5.91 Å². The highest BCUT2D eigenvalue weighted by atomic mass is 32.1. The first-order chi connectivity index (χ1) is 11.2. The van der Waals surface area contributed by atoms with E-state index in [1.165, 1.54) is 36.1 Å². The minimum atomic E-state index is 0.151. The molecule has 1 aliphatic rings. The number of hydrogen-bond donors (Lipinski definition) is 0. The van der Waals surface area contributed by atoms with Crippen molar-refractivity contribution < 1.29 is 4.79 Å². The molecule has 23 heavy (non-hydrogen) atoms. The van der Waals surface area contributed by atoms with Crippen LogP contribution >= 0.6 is 11.3 Å². The maximum absolute atomic E-state index is 12.7. The molecule has 0 saturated heterocycles. The highest BCUT2D eigenvalue weighted by Crippen LogP contribution is 2.29. The molecular formula is C19H24N2OS. The molecule has 1 amide bonds. The zero-order valence-corrected chi connectivity index (χ0v) is 14.6. The van der Waals surface area contributed by atoms with Crippen LogP contribution in [0.5, 0.6) is 0 Å². The molecule has 2 aromatic heterocycles. The van der Waals surface area contributed by atoms with Gasteiger partial charge in [0.05, 0.1) is 4.88 Å². The van der Waals surface area contributed by atoms with Crippen LogP contribution in [0, 0.1) is 0 Å². The molecule has 0 spiro atoms. The third-order valence-electron chi connectivity index (χ3n) is 4.48. The van der Waals surface area contributed by atoms with Crippen LogP contribution in [0.4, 0.5) is 0 Å². The maximum Gasteiger partial charge on any atom is 0.263 e. The zero-order valence-electron chi connectivity index (χ0n) is 13.8. The monoisotopic (exact) mass is 328 g/mol. The van der Waals surface area contributed by atoms with E-state index in [1.807, 2.05) is 30.1 Å². The Balaban J connectivity index is 1.64. The molecular weight excluding hydrogens is 304 g/mol. The average Bonchev–Trinajstić information content (AvgIpc) is 2.95. The summed E-state index contributed by atoms with van der Waals surface area (Å²) in [6.07, 6.45) is 10.0. The second-order valence-corrected chi connectivity index (χ2v) is 7.41. The summed E-state index contributed by atoms with van der Waals surface area (Å²) in [6.45, 7) is 0.707. The lowest BCUT2D eigenvalue weighted by atomic mass is 10.00. The highest BCUT2D eigenvalue weighted by Gasteiger charge is 2.18. The minimum absolute atomic E-state index is 0.151. The van der Waals surface area contributed by atoms with Gasteiger partial charge in [-0.05, 0) is 49.4 Å². The molecule has 0 unspecified atom stereocenters. The van der Waals surface area contributed by atoms with Crippen LogP contribution in [0.15, 0.2) is 30.5 Å². The number of nitrogens with zero attached hydrogens (tertiary/aromatic N) is 2. The number of thiophene rings is 1. The van der Waals surface area contributed by atoms with Gasteiger partial charge in [-0.1, -0.05) is 18.9 Å². The summed E-state index contributed by atoms with van der Waals surface area (Å²) in [5.74, 6) is 0.151. The van der Waals surface area contributed by atoms with Crippen molar-refractivity contribution in [1.29, 1.82) is 0 Å². The first-order valence-electron chi connectivity index (χ1n) is 8.51. The zero-order chi connectivity index (χ0) is 16.1. The van der Waals surface area contributed by atoms with Gasteiger partial charge in [0.15, 0.2) is 0 Å². The van der Waals surface area contributed by atoms with E-state index >= 15 is 0 Å². The number of carbonyl (C=O) groups is 1. The lowest BCUT2D eigenvalue weighted by Crippen LogP contribution is -2.28. The summed E-state index contributed by atoms with van der Waals surface area (Å²) < 4.78 is 0. The Morgan fingerprint density at radius 3 is 2.83 bits per heavy atom. The fourth-order valence-electron chi connectivity index (χ4n) is 3.07. The largest absolute Gasteiger partial charge is 0.341 e. The Hall–Kier alpha value is -1.68. The van der Waals surface area contributed by atoms with E-state index in [0.29, 0.717) is 6.54 Å². The third-order valence-corrected chi connectivity index (χ3v) is 5.71. The van der Waals surface area contributed by atoms with Crippen molar-refractivity contribution in [3.8, 4) is 0 Å². The van der Waals surface area contributed by atoms with Crippen molar-refractivity contribution in [1.82, 2.24) is 9.88 Å². The SMILES string of the molecule is CN(CCc1ccccn1)C(=O)c1cc2c(s1)CCCCCC2. The van der Waals surface area contributed by atoms with Crippen LogP contribution in [-0.4, -0.2) is 29.4 Å². The van der Waals surface area contributed by atoms with Crippen molar-refractivity contribution in [3.05, 3.63) is 51.5 Å². The van der Waals surface area contributed by atoms with E-state index < -0.39 is 0 Å². The van der Waals surface area contributed by atoms with E-state index in [2.05, 4.69) is 11.1 Å². The fraction of sp³-hybridized carbons (Fsp3) is 0.474. The summed E-state index contributed by atoms with van der Waals surface area (Å²) in [6, 6.07) is 8.06. The second-order valence-electron chi connectivity index (χ2n) is 6.27. The number of fused-ring (bicyclic) bond motifs is 1. The van der Waals surface area contributed by atoms with E-state index in [9.17, 15) is 4.79 Å². The molecule has 122 valence electrons. The third kappa shape index (κ3) is 4.20. The number of aromatic nitrogens is 1. The van der Waals surface area contributed by atoms with Crippen LogP contribution in [0.3, 0.4) is 0 Å². The van der Waals surface area contributed by atoms with E-state index in [0.717, 1.165) is 29.8 Å². The molecule has 0 radical (unpaired) electrons. The highest BCUT2D eigenvalue weighted by molar-refractivity contribution is 7.14. The minimum Gasteiger partial charge on any atom is -0.341 e. The van der Waals surface area contributed by atoms with Gasteiger partial charge in [0.25, 0.3) is 5.91 Å². The van der Waals surface area contributed by atoms with Crippen LogP contribution in [0.1, 0.15) is 51.5 Å². The molecule has 0 aliphatic heterocycles. The molecule has 3 rings (SSSR count). The Morgan fingerprint density at radius 2 is 2.04 bits per heavy atom.